The zero-order valence-electron chi connectivity index (χ0n) is 14.1. The van der Waals surface area contributed by atoms with Gasteiger partial charge in [0.25, 0.3) is 0 Å². The number of urea groups is 1. The molecule has 1 aromatic carbocycles. The summed E-state index contributed by atoms with van der Waals surface area (Å²) in [5.74, 6) is 0. The summed E-state index contributed by atoms with van der Waals surface area (Å²) in [6.07, 6.45) is 10.8. The summed E-state index contributed by atoms with van der Waals surface area (Å²) < 4.78 is 1.82. The van der Waals surface area contributed by atoms with Crippen LogP contribution in [-0.2, 0) is 0 Å². The first-order chi connectivity index (χ1) is 11.7. The summed E-state index contributed by atoms with van der Waals surface area (Å²) in [5, 5.41) is 10.7. The van der Waals surface area contributed by atoms with Crippen molar-refractivity contribution in [2.75, 3.05) is 11.9 Å². The Morgan fingerprint density at radius 2 is 2.12 bits per heavy atom. The van der Waals surface area contributed by atoms with Crippen LogP contribution >= 0.6 is 0 Å². The number of carbonyl (C=O) groups excluding carboxylic acids is 1. The highest BCUT2D eigenvalue weighted by atomic mass is 16.2. The molecule has 1 aliphatic rings. The van der Waals surface area contributed by atoms with Gasteiger partial charge in [0.05, 0.1) is 11.7 Å². The lowest BCUT2D eigenvalue weighted by atomic mass is 10.1. The van der Waals surface area contributed by atoms with Gasteiger partial charge >= 0.3 is 6.03 Å². The van der Waals surface area contributed by atoms with Crippen LogP contribution < -0.4 is 5.32 Å². The number of aromatic nitrogens is 3. The summed E-state index contributed by atoms with van der Waals surface area (Å²) in [4.78, 5) is 14.6. The molecule has 0 aliphatic carbocycles. The van der Waals surface area contributed by atoms with Crippen molar-refractivity contribution >= 4 is 11.7 Å². The van der Waals surface area contributed by atoms with E-state index in [-0.39, 0.29) is 12.1 Å². The molecule has 1 aromatic heterocycles. The zero-order valence-corrected chi connectivity index (χ0v) is 14.1. The first kappa shape index (κ1) is 16.2. The highest BCUT2D eigenvalue weighted by Gasteiger charge is 2.24. The zero-order chi connectivity index (χ0) is 16.9. The summed E-state index contributed by atoms with van der Waals surface area (Å²) in [6, 6.07) is 6.06. The maximum atomic E-state index is 12.7. The number of hydrogen-bond donors (Lipinski definition) is 1. The fourth-order valence-electron chi connectivity index (χ4n) is 2.90. The molecule has 6 nitrogen and oxygen atoms in total. The van der Waals surface area contributed by atoms with Crippen LogP contribution in [0, 0.1) is 6.92 Å². The number of aryl methyl sites for hydroxylation is 1. The monoisotopic (exact) mass is 325 g/mol. The van der Waals surface area contributed by atoms with E-state index in [0.717, 1.165) is 36.2 Å². The minimum Gasteiger partial charge on any atom is -0.314 e. The third kappa shape index (κ3) is 3.48. The average Bonchev–Trinajstić information content (AvgIpc) is 3.26. The molecule has 126 valence electrons. The van der Waals surface area contributed by atoms with Crippen LogP contribution in [0.4, 0.5) is 10.5 Å². The van der Waals surface area contributed by atoms with Crippen molar-refractivity contribution in [3.63, 3.8) is 0 Å². The second-order valence-electron chi connectivity index (χ2n) is 6.09. The Hall–Kier alpha value is -2.63. The van der Waals surface area contributed by atoms with E-state index >= 15 is 0 Å². The smallest absolute Gasteiger partial charge is 0.314 e. The van der Waals surface area contributed by atoms with Crippen molar-refractivity contribution in [3.8, 4) is 5.69 Å². The van der Waals surface area contributed by atoms with E-state index in [1.165, 1.54) is 0 Å². The number of anilines is 1. The van der Waals surface area contributed by atoms with Crippen LogP contribution in [0.2, 0.25) is 0 Å². The minimum atomic E-state index is -0.0508. The average molecular weight is 325 g/mol. The number of unbranched alkanes of at least 4 members (excludes halogenated alkanes) is 1. The molecule has 0 bridgehead atoms. The first-order valence-corrected chi connectivity index (χ1v) is 8.39. The number of amides is 2. The van der Waals surface area contributed by atoms with Gasteiger partial charge in [0, 0.05) is 12.2 Å². The third-order valence-electron chi connectivity index (χ3n) is 4.35. The van der Waals surface area contributed by atoms with Crippen LogP contribution in [-0.4, -0.2) is 38.3 Å². The van der Waals surface area contributed by atoms with Crippen LogP contribution in [0.25, 0.3) is 5.69 Å². The van der Waals surface area contributed by atoms with Crippen molar-refractivity contribution in [2.24, 2.45) is 0 Å². The van der Waals surface area contributed by atoms with Gasteiger partial charge in [0.1, 0.15) is 12.7 Å². The number of nitrogens with zero attached hydrogens (tertiary/aromatic N) is 4. The molecule has 1 atom stereocenters. The van der Waals surface area contributed by atoms with Crippen LogP contribution in [0.3, 0.4) is 0 Å². The standard InChI is InChI=1S/C18H23N5O/c1-3-4-6-15-7-5-10-23(15)18(24)21-17-11-16(9-8-14(17)2)22-12-19-20-13-22/h5,7-9,11-13,15H,3-4,6,10H2,1-2H3,(H,21,24)/t15-/m0/s1. The van der Waals surface area contributed by atoms with Gasteiger partial charge in [0.15, 0.2) is 0 Å². The quantitative estimate of drug-likeness (QED) is 0.855. The van der Waals surface area contributed by atoms with Gasteiger partial charge in [-0.1, -0.05) is 38.0 Å². The van der Waals surface area contributed by atoms with Crippen molar-refractivity contribution < 1.29 is 4.79 Å². The third-order valence-corrected chi connectivity index (χ3v) is 4.35. The second kappa shape index (κ2) is 7.29. The summed E-state index contributed by atoms with van der Waals surface area (Å²) in [6.45, 7) is 4.83. The molecule has 0 spiro atoms. The molecule has 1 aliphatic heterocycles. The van der Waals surface area contributed by atoms with Gasteiger partial charge in [-0.3, -0.25) is 4.57 Å². The van der Waals surface area contributed by atoms with Gasteiger partial charge in [-0.05, 0) is 31.0 Å². The lowest BCUT2D eigenvalue weighted by Gasteiger charge is -2.25. The van der Waals surface area contributed by atoms with E-state index in [9.17, 15) is 4.79 Å². The molecule has 2 heterocycles. The van der Waals surface area contributed by atoms with Crippen molar-refractivity contribution in [3.05, 3.63) is 48.6 Å². The predicted octanol–water partition coefficient (Wildman–Crippen LogP) is 3.54. The molecule has 0 fully saturated rings. The van der Waals surface area contributed by atoms with Gasteiger partial charge < -0.3 is 10.2 Å². The Balaban J connectivity index is 1.73. The molecule has 1 N–H and O–H groups in total. The fraction of sp³-hybridized carbons (Fsp3) is 0.389. The van der Waals surface area contributed by atoms with Crippen LogP contribution in [0.15, 0.2) is 43.0 Å². The highest BCUT2D eigenvalue weighted by Crippen LogP contribution is 2.22. The fourth-order valence-corrected chi connectivity index (χ4v) is 2.90. The molecular formula is C18H23N5O. The van der Waals surface area contributed by atoms with Crippen molar-refractivity contribution in [2.45, 2.75) is 39.2 Å². The van der Waals surface area contributed by atoms with E-state index in [1.54, 1.807) is 12.7 Å². The Morgan fingerprint density at radius 3 is 2.88 bits per heavy atom. The molecule has 0 saturated heterocycles. The van der Waals surface area contributed by atoms with Gasteiger partial charge in [-0.2, -0.15) is 0 Å². The molecule has 24 heavy (non-hydrogen) atoms. The Bertz CT molecular complexity index is 723. The van der Waals surface area contributed by atoms with Crippen molar-refractivity contribution in [1.29, 1.82) is 0 Å². The topological polar surface area (TPSA) is 63.1 Å². The normalized spacial score (nSPS) is 16.6. The number of benzene rings is 1. The largest absolute Gasteiger partial charge is 0.322 e. The van der Waals surface area contributed by atoms with E-state index in [0.29, 0.717) is 6.54 Å². The molecule has 3 rings (SSSR count). The predicted molar refractivity (Wildman–Crippen MR) is 94.3 cm³/mol. The number of nitrogens with one attached hydrogen (secondary N) is 1. The maximum absolute atomic E-state index is 12.7. The minimum absolute atomic E-state index is 0.0508. The van der Waals surface area contributed by atoms with E-state index < -0.39 is 0 Å². The second-order valence-corrected chi connectivity index (χ2v) is 6.09. The van der Waals surface area contributed by atoms with Crippen LogP contribution in [0.5, 0.6) is 0 Å². The van der Waals surface area contributed by atoms with E-state index in [2.05, 4.69) is 34.6 Å². The maximum Gasteiger partial charge on any atom is 0.322 e. The van der Waals surface area contributed by atoms with E-state index in [1.807, 2.05) is 34.6 Å². The SMILES string of the molecule is CCCC[C@H]1C=CCN1C(=O)Nc1cc(-n2cnnc2)ccc1C. The van der Waals surface area contributed by atoms with Gasteiger partial charge in [-0.15, -0.1) is 10.2 Å². The number of hydrogen-bond acceptors (Lipinski definition) is 3. The summed E-state index contributed by atoms with van der Waals surface area (Å²) >= 11 is 0. The molecule has 6 heteroatoms. The van der Waals surface area contributed by atoms with E-state index in [4.69, 9.17) is 0 Å². The highest BCUT2D eigenvalue weighted by molar-refractivity contribution is 5.91. The number of rotatable bonds is 5. The number of carbonyl (C=O) groups is 1. The van der Waals surface area contributed by atoms with Crippen LogP contribution in [0.1, 0.15) is 31.7 Å². The summed E-state index contributed by atoms with van der Waals surface area (Å²) in [7, 11) is 0. The van der Waals surface area contributed by atoms with Gasteiger partial charge in [0.2, 0.25) is 0 Å². The molecule has 2 amide bonds. The Morgan fingerprint density at radius 1 is 1.33 bits per heavy atom. The first-order valence-electron chi connectivity index (χ1n) is 8.39. The molecule has 0 unspecified atom stereocenters. The summed E-state index contributed by atoms with van der Waals surface area (Å²) in [5.41, 5.74) is 2.76. The lowest BCUT2D eigenvalue weighted by Crippen LogP contribution is -2.39. The lowest BCUT2D eigenvalue weighted by molar-refractivity contribution is 0.208. The Labute approximate surface area is 142 Å². The van der Waals surface area contributed by atoms with Gasteiger partial charge in [-0.25, -0.2) is 4.79 Å². The molecule has 2 aromatic rings. The molecule has 0 radical (unpaired) electrons. The molecule has 0 saturated carbocycles. The molecular weight excluding hydrogens is 302 g/mol. The van der Waals surface area contributed by atoms with Crippen molar-refractivity contribution in [1.82, 2.24) is 19.7 Å². The Kier molecular flexibility index (Phi) is 4.93.